The Kier molecular flexibility index (Phi) is 2.22. The van der Waals surface area contributed by atoms with Gasteiger partial charge in [-0.05, 0) is 12.1 Å². The Bertz CT molecular complexity index is 261. The van der Waals surface area contributed by atoms with Gasteiger partial charge in [0.1, 0.15) is 0 Å². The summed E-state index contributed by atoms with van der Waals surface area (Å²) in [5.74, 6) is 0.166. The quantitative estimate of drug-likeness (QED) is 0.541. The Hall–Kier alpha value is -1.36. The van der Waals surface area contributed by atoms with Gasteiger partial charge in [-0.25, -0.2) is 15.1 Å². The molecule has 0 amide bonds. The number of pyridine rings is 1. The fourth-order valence-corrected chi connectivity index (χ4v) is 0.647. The highest BCUT2D eigenvalue weighted by molar-refractivity contribution is 6.30. The number of halogens is 1. The first-order valence-electron chi connectivity index (χ1n) is 2.71. The lowest BCUT2D eigenvalue weighted by Gasteiger charge is -1.94. The zero-order valence-corrected chi connectivity index (χ0v) is 6.08. The highest BCUT2D eigenvalue weighted by Crippen LogP contribution is 2.08. The molecule has 0 unspecified atom stereocenters. The van der Waals surface area contributed by atoms with Gasteiger partial charge in [0.15, 0.2) is 10.9 Å². The molecule has 0 spiro atoms. The second-order valence-corrected chi connectivity index (χ2v) is 2.17. The lowest BCUT2D eigenvalue weighted by atomic mass is 10.5. The standard InChI is InChI=1S/C5H4ClN3O2/c6-4-1-2-5(7-3-4)8-9(10)11/h1-3H,(H,7,8). The number of rotatable bonds is 2. The van der Waals surface area contributed by atoms with Crippen molar-refractivity contribution in [3.8, 4) is 0 Å². The molecular weight excluding hydrogens is 170 g/mol. The predicted octanol–water partition coefficient (Wildman–Crippen LogP) is 1.34. The van der Waals surface area contributed by atoms with E-state index in [2.05, 4.69) is 4.98 Å². The van der Waals surface area contributed by atoms with Gasteiger partial charge in [-0.1, -0.05) is 17.0 Å². The Labute approximate surface area is 67.1 Å². The van der Waals surface area contributed by atoms with E-state index in [1.807, 2.05) is 5.43 Å². The molecule has 0 bridgehead atoms. The zero-order chi connectivity index (χ0) is 8.27. The molecule has 1 aromatic rings. The second kappa shape index (κ2) is 3.16. The number of nitro groups is 1. The van der Waals surface area contributed by atoms with Gasteiger partial charge in [-0.3, -0.25) is 0 Å². The molecule has 0 atom stereocenters. The van der Waals surface area contributed by atoms with E-state index in [-0.39, 0.29) is 5.82 Å². The van der Waals surface area contributed by atoms with Crippen molar-refractivity contribution in [2.24, 2.45) is 0 Å². The van der Waals surface area contributed by atoms with Crippen LogP contribution >= 0.6 is 11.6 Å². The van der Waals surface area contributed by atoms with Crippen LogP contribution in [0.4, 0.5) is 5.82 Å². The van der Waals surface area contributed by atoms with Gasteiger partial charge in [-0.2, -0.15) is 0 Å². The third-order valence-corrected chi connectivity index (χ3v) is 1.16. The van der Waals surface area contributed by atoms with Crippen molar-refractivity contribution in [1.82, 2.24) is 4.98 Å². The van der Waals surface area contributed by atoms with E-state index < -0.39 is 5.03 Å². The molecule has 1 rings (SSSR count). The van der Waals surface area contributed by atoms with Crippen LogP contribution in [0.1, 0.15) is 0 Å². The molecule has 11 heavy (non-hydrogen) atoms. The Morgan fingerprint density at radius 2 is 2.36 bits per heavy atom. The van der Waals surface area contributed by atoms with E-state index in [9.17, 15) is 10.1 Å². The van der Waals surface area contributed by atoms with Crippen LogP contribution in [0.25, 0.3) is 0 Å². The molecule has 1 N–H and O–H groups in total. The fourth-order valence-electron chi connectivity index (χ4n) is 0.535. The van der Waals surface area contributed by atoms with Crippen LogP contribution in [0.2, 0.25) is 5.02 Å². The molecule has 0 radical (unpaired) electrons. The number of nitrogens with one attached hydrogen (secondary N) is 1. The van der Waals surface area contributed by atoms with E-state index in [4.69, 9.17) is 11.6 Å². The maximum Gasteiger partial charge on any atom is 0.190 e. The van der Waals surface area contributed by atoms with Gasteiger partial charge >= 0.3 is 0 Å². The summed E-state index contributed by atoms with van der Waals surface area (Å²) in [7, 11) is 0. The topological polar surface area (TPSA) is 68.1 Å². The summed E-state index contributed by atoms with van der Waals surface area (Å²) < 4.78 is 0. The van der Waals surface area contributed by atoms with Gasteiger partial charge in [-0.15, -0.1) is 0 Å². The number of hydrogen-bond donors (Lipinski definition) is 1. The minimum atomic E-state index is -0.684. The van der Waals surface area contributed by atoms with E-state index in [1.54, 1.807) is 0 Å². The number of anilines is 1. The Morgan fingerprint density at radius 1 is 1.64 bits per heavy atom. The maximum absolute atomic E-state index is 9.88. The van der Waals surface area contributed by atoms with Gasteiger partial charge in [0, 0.05) is 6.20 Å². The van der Waals surface area contributed by atoms with E-state index in [1.165, 1.54) is 18.3 Å². The Balaban J connectivity index is 2.74. The van der Waals surface area contributed by atoms with Crippen LogP contribution in [0.15, 0.2) is 18.3 Å². The van der Waals surface area contributed by atoms with Gasteiger partial charge in [0.25, 0.3) is 0 Å². The van der Waals surface area contributed by atoms with Crippen molar-refractivity contribution in [2.75, 3.05) is 5.43 Å². The highest BCUT2D eigenvalue weighted by Gasteiger charge is 1.98. The summed E-state index contributed by atoms with van der Waals surface area (Å²) in [4.78, 5) is 13.5. The summed E-state index contributed by atoms with van der Waals surface area (Å²) in [5, 5.41) is 9.63. The molecule has 0 aliphatic heterocycles. The fraction of sp³-hybridized carbons (Fsp3) is 0. The maximum atomic E-state index is 9.88. The number of hydrazine groups is 1. The predicted molar refractivity (Wildman–Crippen MR) is 39.9 cm³/mol. The third kappa shape index (κ3) is 2.38. The van der Waals surface area contributed by atoms with E-state index >= 15 is 0 Å². The molecule has 0 fully saturated rings. The second-order valence-electron chi connectivity index (χ2n) is 1.73. The zero-order valence-electron chi connectivity index (χ0n) is 5.32. The highest BCUT2D eigenvalue weighted by atomic mass is 35.5. The van der Waals surface area contributed by atoms with Crippen molar-refractivity contribution < 1.29 is 5.03 Å². The molecule has 0 saturated heterocycles. The van der Waals surface area contributed by atoms with Crippen molar-refractivity contribution in [3.05, 3.63) is 33.5 Å². The monoisotopic (exact) mass is 173 g/mol. The molecule has 1 heterocycles. The van der Waals surface area contributed by atoms with E-state index in [0.717, 1.165) is 0 Å². The van der Waals surface area contributed by atoms with Crippen molar-refractivity contribution >= 4 is 17.4 Å². The molecule has 6 heteroatoms. The van der Waals surface area contributed by atoms with E-state index in [0.29, 0.717) is 5.02 Å². The molecule has 5 nitrogen and oxygen atoms in total. The van der Waals surface area contributed by atoms with Crippen LogP contribution in [0.5, 0.6) is 0 Å². The minimum Gasteiger partial charge on any atom is -0.234 e. The lowest BCUT2D eigenvalue weighted by Crippen LogP contribution is -2.08. The smallest absolute Gasteiger partial charge is 0.190 e. The summed E-state index contributed by atoms with van der Waals surface area (Å²) in [6, 6.07) is 2.94. The van der Waals surface area contributed by atoms with Crippen LogP contribution in [-0.4, -0.2) is 10.0 Å². The average molecular weight is 174 g/mol. The molecule has 0 aromatic carbocycles. The minimum absolute atomic E-state index is 0.166. The van der Waals surface area contributed by atoms with Gasteiger partial charge < -0.3 is 0 Å². The summed E-state index contributed by atoms with van der Waals surface area (Å²) in [6.07, 6.45) is 1.33. The van der Waals surface area contributed by atoms with Crippen molar-refractivity contribution in [3.63, 3.8) is 0 Å². The first-order valence-corrected chi connectivity index (χ1v) is 3.09. The van der Waals surface area contributed by atoms with Gasteiger partial charge in [0.2, 0.25) is 0 Å². The molecule has 0 aliphatic rings. The number of nitrogens with zero attached hydrogens (tertiary/aromatic N) is 2. The SMILES string of the molecule is O=[N+]([O-])Nc1ccc(Cl)cn1. The first-order chi connectivity index (χ1) is 5.18. The molecular formula is C5H4ClN3O2. The summed E-state index contributed by atoms with van der Waals surface area (Å²) in [6.45, 7) is 0. The summed E-state index contributed by atoms with van der Waals surface area (Å²) >= 11 is 5.49. The number of aromatic nitrogens is 1. The molecule has 0 aliphatic carbocycles. The average Bonchev–Trinajstić information content (AvgIpc) is 1.93. The van der Waals surface area contributed by atoms with Crippen LogP contribution in [0, 0.1) is 10.1 Å². The lowest BCUT2D eigenvalue weighted by molar-refractivity contribution is -0.445. The van der Waals surface area contributed by atoms with Crippen LogP contribution in [-0.2, 0) is 0 Å². The van der Waals surface area contributed by atoms with Crippen molar-refractivity contribution in [2.45, 2.75) is 0 Å². The molecule has 0 saturated carbocycles. The first kappa shape index (κ1) is 7.74. The molecule has 1 aromatic heterocycles. The van der Waals surface area contributed by atoms with Crippen LogP contribution < -0.4 is 5.43 Å². The Morgan fingerprint density at radius 3 is 2.82 bits per heavy atom. The number of hydrogen-bond acceptors (Lipinski definition) is 3. The summed E-state index contributed by atoms with van der Waals surface area (Å²) in [5.41, 5.74) is 1.88. The normalized spacial score (nSPS) is 9.18. The molecule has 58 valence electrons. The third-order valence-electron chi connectivity index (χ3n) is 0.933. The van der Waals surface area contributed by atoms with Crippen molar-refractivity contribution in [1.29, 1.82) is 0 Å². The van der Waals surface area contributed by atoms with Gasteiger partial charge in [0.05, 0.1) is 5.02 Å². The van der Waals surface area contributed by atoms with Crippen LogP contribution in [0.3, 0.4) is 0 Å². The largest absolute Gasteiger partial charge is 0.234 e.